The Labute approximate surface area is 154 Å². The molecule has 2 aromatic heterocycles. The molecule has 2 aromatic carbocycles. The zero-order chi connectivity index (χ0) is 18.8. The summed E-state index contributed by atoms with van der Waals surface area (Å²) in [6.07, 6.45) is 1.47. The second kappa shape index (κ2) is 6.80. The van der Waals surface area contributed by atoms with Gasteiger partial charge in [-0.15, -0.1) is 0 Å². The molecule has 0 unspecified atom stereocenters. The number of fused-ring (bicyclic) bond motifs is 1. The average molecular weight is 360 g/mol. The van der Waals surface area contributed by atoms with Gasteiger partial charge in [-0.2, -0.15) is 0 Å². The number of urea groups is 1. The summed E-state index contributed by atoms with van der Waals surface area (Å²) < 4.78 is 6.61. The molecule has 0 fully saturated rings. The minimum absolute atomic E-state index is 0.130. The van der Waals surface area contributed by atoms with E-state index < -0.39 is 6.03 Å². The molecular weight excluding hydrogens is 344 g/mol. The van der Waals surface area contributed by atoms with Gasteiger partial charge in [-0.25, -0.2) is 9.78 Å². The van der Waals surface area contributed by atoms with Crippen molar-refractivity contribution in [1.29, 1.82) is 0 Å². The van der Waals surface area contributed by atoms with E-state index >= 15 is 0 Å². The Hall–Kier alpha value is -3.87. The van der Waals surface area contributed by atoms with Crippen LogP contribution in [0.3, 0.4) is 0 Å². The van der Waals surface area contributed by atoms with Crippen molar-refractivity contribution >= 4 is 28.5 Å². The molecule has 7 heteroatoms. The van der Waals surface area contributed by atoms with Crippen LogP contribution in [-0.2, 0) is 0 Å². The molecule has 0 saturated heterocycles. The van der Waals surface area contributed by atoms with Crippen LogP contribution in [0.2, 0.25) is 0 Å². The normalized spacial score (nSPS) is 10.7. The average Bonchev–Trinajstić information content (AvgIpc) is 3.16. The maximum Gasteiger partial charge on any atom is 0.326 e. The van der Waals surface area contributed by atoms with Crippen LogP contribution in [0.5, 0.6) is 0 Å². The fourth-order valence-electron chi connectivity index (χ4n) is 2.87. The third kappa shape index (κ3) is 3.30. The molecule has 2 amide bonds. The number of hydrogen-bond donors (Lipinski definition) is 2. The molecule has 27 heavy (non-hydrogen) atoms. The second-order valence-electron chi connectivity index (χ2n) is 5.92. The van der Waals surface area contributed by atoms with E-state index in [1.165, 1.54) is 6.26 Å². The van der Waals surface area contributed by atoms with Crippen LogP contribution in [-0.4, -0.2) is 15.6 Å². The lowest BCUT2D eigenvalue weighted by molar-refractivity contribution is 0.261. The lowest BCUT2D eigenvalue weighted by Crippen LogP contribution is -2.22. The largest absolute Gasteiger partial charge is 0.449 e. The Bertz CT molecular complexity index is 1160. The van der Waals surface area contributed by atoms with Gasteiger partial charge < -0.3 is 9.73 Å². The third-order valence-corrected chi connectivity index (χ3v) is 4.08. The van der Waals surface area contributed by atoms with Crippen molar-refractivity contribution in [3.63, 3.8) is 0 Å². The standard InChI is InChI=1S/C20H16N4O3/c1-13-21-17-6-3-2-5-16(17)19(25)24(13)15-10-8-14(9-11-15)22-20(26)23-18-7-4-12-27-18/h2-12H,1H3,(H2,22,23,26). The minimum Gasteiger partial charge on any atom is -0.449 e. The maximum absolute atomic E-state index is 12.8. The zero-order valence-electron chi connectivity index (χ0n) is 14.5. The maximum atomic E-state index is 12.8. The van der Waals surface area contributed by atoms with Gasteiger partial charge in [0.05, 0.1) is 22.9 Å². The summed E-state index contributed by atoms with van der Waals surface area (Å²) >= 11 is 0. The molecule has 0 aliphatic heterocycles. The predicted octanol–water partition coefficient (Wildman–Crippen LogP) is 3.93. The SMILES string of the molecule is Cc1nc2ccccc2c(=O)n1-c1ccc(NC(=O)Nc2ccco2)cc1. The number of benzene rings is 2. The van der Waals surface area contributed by atoms with Gasteiger partial charge in [-0.1, -0.05) is 12.1 Å². The molecule has 0 spiro atoms. The van der Waals surface area contributed by atoms with Crippen LogP contribution in [0.25, 0.3) is 16.6 Å². The fraction of sp³-hybridized carbons (Fsp3) is 0.0500. The van der Waals surface area contributed by atoms with Crippen LogP contribution in [0.15, 0.2) is 76.1 Å². The minimum atomic E-state index is -0.418. The van der Waals surface area contributed by atoms with Gasteiger partial charge in [-0.05, 0) is 49.4 Å². The molecule has 4 rings (SSSR count). The van der Waals surface area contributed by atoms with Gasteiger partial charge in [0.15, 0.2) is 0 Å². The summed E-state index contributed by atoms with van der Waals surface area (Å²) in [5.74, 6) is 0.948. The number of amides is 2. The molecule has 7 nitrogen and oxygen atoms in total. The third-order valence-electron chi connectivity index (χ3n) is 4.08. The first-order valence-electron chi connectivity index (χ1n) is 8.32. The Morgan fingerprint density at radius 3 is 2.52 bits per heavy atom. The molecular formula is C20H16N4O3. The van der Waals surface area contributed by atoms with Crippen molar-refractivity contribution in [2.24, 2.45) is 0 Å². The lowest BCUT2D eigenvalue weighted by atomic mass is 10.2. The van der Waals surface area contributed by atoms with Crippen molar-refractivity contribution in [2.45, 2.75) is 6.92 Å². The number of para-hydroxylation sites is 1. The number of carbonyl (C=O) groups excluding carboxylic acids is 1. The molecule has 0 bridgehead atoms. The van der Waals surface area contributed by atoms with Crippen molar-refractivity contribution in [1.82, 2.24) is 9.55 Å². The Kier molecular flexibility index (Phi) is 4.18. The van der Waals surface area contributed by atoms with Gasteiger partial charge >= 0.3 is 6.03 Å². The van der Waals surface area contributed by atoms with E-state index in [1.807, 2.05) is 18.2 Å². The number of aryl methyl sites for hydroxylation is 1. The van der Waals surface area contributed by atoms with Crippen LogP contribution < -0.4 is 16.2 Å². The molecule has 0 aliphatic carbocycles. The van der Waals surface area contributed by atoms with Crippen LogP contribution in [0.4, 0.5) is 16.4 Å². The zero-order valence-corrected chi connectivity index (χ0v) is 14.5. The van der Waals surface area contributed by atoms with E-state index in [0.717, 1.165) is 0 Å². The molecule has 4 aromatic rings. The van der Waals surface area contributed by atoms with Gasteiger partial charge in [0.25, 0.3) is 5.56 Å². The molecule has 0 aliphatic rings. The van der Waals surface area contributed by atoms with Crippen molar-refractivity contribution in [3.8, 4) is 5.69 Å². The first-order valence-corrected chi connectivity index (χ1v) is 8.32. The lowest BCUT2D eigenvalue weighted by Gasteiger charge is -2.12. The number of nitrogens with one attached hydrogen (secondary N) is 2. The second-order valence-corrected chi connectivity index (χ2v) is 5.92. The highest BCUT2D eigenvalue weighted by atomic mass is 16.3. The highest BCUT2D eigenvalue weighted by molar-refractivity contribution is 5.98. The van der Waals surface area contributed by atoms with E-state index in [9.17, 15) is 9.59 Å². The Balaban J connectivity index is 1.60. The van der Waals surface area contributed by atoms with E-state index in [-0.39, 0.29) is 5.56 Å². The Morgan fingerprint density at radius 2 is 1.78 bits per heavy atom. The van der Waals surface area contributed by atoms with E-state index in [4.69, 9.17) is 4.42 Å². The fourth-order valence-corrected chi connectivity index (χ4v) is 2.87. The number of rotatable bonds is 3. The van der Waals surface area contributed by atoms with Crippen molar-refractivity contribution in [2.75, 3.05) is 10.6 Å². The molecule has 134 valence electrons. The number of hydrogen-bond acceptors (Lipinski definition) is 4. The number of carbonyl (C=O) groups is 1. The first kappa shape index (κ1) is 16.6. The number of aromatic nitrogens is 2. The summed E-state index contributed by atoms with van der Waals surface area (Å²) in [6.45, 7) is 1.79. The molecule has 0 radical (unpaired) electrons. The smallest absolute Gasteiger partial charge is 0.326 e. The van der Waals surface area contributed by atoms with Crippen LogP contribution >= 0.6 is 0 Å². The predicted molar refractivity (Wildman–Crippen MR) is 103 cm³/mol. The summed E-state index contributed by atoms with van der Waals surface area (Å²) in [6, 6.07) is 17.1. The monoisotopic (exact) mass is 360 g/mol. The van der Waals surface area contributed by atoms with E-state index in [2.05, 4.69) is 15.6 Å². The first-order chi connectivity index (χ1) is 13.1. The number of nitrogens with zero attached hydrogens (tertiary/aromatic N) is 2. The van der Waals surface area contributed by atoms with Crippen molar-refractivity contribution in [3.05, 3.63) is 83.1 Å². The number of furan rings is 1. The molecule has 2 N–H and O–H groups in total. The molecule has 0 atom stereocenters. The van der Waals surface area contributed by atoms with Gasteiger partial charge in [0, 0.05) is 11.8 Å². The van der Waals surface area contributed by atoms with E-state index in [0.29, 0.717) is 34.0 Å². The molecule has 0 saturated carbocycles. The quantitative estimate of drug-likeness (QED) is 0.579. The highest BCUT2D eigenvalue weighted by Gasteiger charge is 2.10. The summed E-state index contributed by atoms with van der Waals surface area (Å²) in [7, 11) is 0. The summed E-state index contributed by atoms with van der Waals surface area (Å²) in [5.41, 5.74) is 1.80. The van der Waals surface area contributed by atoms with Crippen LogP contribution in [0.1, 0.15) is 5.82 Å². The van der Waals surface area contributed by atoms with Crippen LogP contribution in [0, 0.1) is 6.92 Å². The highest BCUT2D eigenvalue weighted by Crippen LogP contribution is 2.16. The number of anilines is 2. The topological polar surface area (TPSA) is 89.2 Å². The molecule has 2 heterocycles. The van der Waals surface area contributed by atoms with Gasteiger partial charge in [-0.3, -0.25) is 14.7 Å². The van der Waals surface area contributed by atoms with Gasteiger partial charge in [0.1, 0.15) is 5.82 Å². The van der Waals surface area contributed by atoms with E-state index in [1.54, 1.807) is 54.0 Å². The summed E-state index contributed by atoms with van der Waals surface area (Å²) in [4.78, 5) is 29.3. The van der Waals surface area contributed by atoms with Crippen molar-refractivity contribution < 1.29 is 9.21 Å². The Morgan fingerprint density at radius 1 is 1.00 bits per heavy atom. The summed E-state index contributed by atoms with van der Waals surface area (Å²) in [5, 5.41) is 5.84. The van der Waals surface area contributed by atoms with Gasteiger partial charge in [0.2, 0.25) is 5.88 Å².